The fourth-order valence-corrected chi connectivity index (χ4v) is 2.25. The molecule has 1 unspecified atom stereocenters. The van der Waals surface area contributed by atoms with Crippen LogP contribution < -0.4 is 15.4 Å². The molecular formula is C18H29F2N3O3. The topological polar surface area (TPSA) is 75.1 Å². The van der Waals surface area contributed by atoms with Crippen LogP contribution in [0.25, 0.3) is 0 Å². The first kappa shape index (κ1) is 22.1. The first-order valence-electron chi connectivity index (χ1n) is 8.80. The van der Waals surface area contributed by atoms with E-state index >= 15 is 0 Å². The molecule has 0 fully saturated rings. The van der Waals surface area contributed by atoms with Gasteiger partial charge in [-0.25, -0.2) is 0 Å². The molecule has 1 atom stereocenters. The number of aliphatic hydroxyl groups is 1. The Kier molecular flexibility index (Phi) is 11.3. The average Bonchev–Trinajstić information content (AvgIpc) is 2.62. The fraction of sp³-hybridized carbons (Fsp3) is 0.611. The van der Waals surface area contributed by atoms with Gasteiger partial charge in [0, 0.05) is 26.8 Å². The molecule has 1 aromatic rings. The number of alkyl halides is 2. The molecule has 0 aliphatic carbocycles. The summed E-state index contributed by atoms with van der Waals surface area (Å²) in [7, 11) is 1.69. The third kappa shape index (κ3) is 9.53. The van der Waals surface area contributed by atoms with Crippen molar-refractivity contribution >= 4 is 5.96 Å². The Labute approximate surface area is 153 Å². The van der Waals surface area contributed by atoms with Crippen LogP contribution >= 0.6 is 0 Å². The van der Waals surface area contributed by atoms with Crippen LogP contribution in [0, 0.1) is 0 Å². The van der Waals surface area contributed by atoms with Gasteiger partial charge in [-0.15, -0.1) is 0 Å². The van der Waals surface area contributed by atoms with Crippen LogP contribution in [0.15, 0.2) is 29.3 Å². The lowest BCUT2D eigenvalue weighted by molar-refractivity contribution is -0.0498. The number of benzene rings is 1. The smallest absolute Gasteiger partial charge is 0.387 e. The zero-order chi connectivity index (χ0) is 19.2. The molecule has 0 aliphatic heterocycles. The standard InChI is InChI=1S/C18H29F2N3O3/c1-3-21-18(22-11-5-4-6-12-25-2)23-13-16(24)14-7-9-15(10-8-14)26-17(19)20/h7-10,16-17,24H,3-6,11-13H2,1-2H3,(H2,21,22,23). The predicted octanol–water partition coefficient (Wildman–Crippen LogP) is 2.69. The Morgan fingerprint density at radius 3 is 2.50 bits per heavy atom. The molecule has 8 heteroatoms. The lowest BCUT2D eigenvalue weighted by Gasteiger charge is -2.14. The second-order valence-electron chi connectivity index (χ2n) is 5.66. The van der Waals surface area contributed by atoms with Crippen molar-refractivity contribution in [2.45, 2.75) is 38.9 Å². The van der Waals surface area contributed by atoms with Crippen LogP contribution in [0.2, 0.25) is 0 Å². The van der Waals surface area contributed by atoms with Crippen molar-refractivity contribution in [3.8, 4) is 5.75 Å². The summed E-state index contributed by atoms with van der Waals surface area (Å²) < 4.78 is 33.6. The zero-order valence-electron chi connectivity index (χ0n) is 15.4. The minimum atomic E-state index is -2.86. The molecule has 1 rings (SSSR count). The number of rotatable bonds is 12. The van der Waals surface area contributed by atoms with E-state index in [9.17, 15) is 13.9 Å². The maximum atomic E-state index is 12.1. The van der Waals surface area contributed by atoms with Crippen molar-refractivity contribution in [2.24, 2.45) is 4.99 Å². The number of ether oxygens (including phenoxy) is 2. The van der Waals surface area contributed by atoms with Gasteiger partial charge in [0.25, 0.3) is 0 Å². The number of hydrogen-bond donors (Lipinski definition) is 3. The Balaban J connectivity index is 2.46. The highest BCUT2D eigenvalue weighted by Gasteiger charge is 2.09. The van der Waals surface area contributed by atoms with Gasteiger partial charge in [-0.3, -0.25) is 4.99 Å². The molecule has 0 aromatic heterocycles. The molecule has 0 amide bonds. The van der Waals surface area contributed by atoms with Crippen LogP contribution in [0.1, 0.15) is 37.9 Å². The minimum absolute atomic E-state index is 0.0583. The Hall–Kier alpha value is -1.93. The SMILES string of the molecule is CCNC(=NCC(O)c1ccc(OC(F)F)cc1)NCCCCCOC. The van der Waals surface area contributed by atoms with Crippen molar-refractivity contribution in [1.82, 2.24) is 10.6 Å². The number of hydrogen-bond acceptors (Lipinski definition) is 4. The lowest BCUT2D eigenvalue weighted by atomic mass is 10.1. The molecule has 1 aromatic carbocycles. The number of nitrogens with one attached hydrogen (secondary N) is 2. The number of methoxy groups -OCH3 is 1. The van der Waals surface area contributed by atoms with Gasteiger partial charge in [0.2, 0.25) is 0 Å². The van der Waals surface area contributed by atoms with E-state index in [4.69, 9.17) is 4.74 Å². The summed E-state index contributed by atoms with van der Waals surface area (Å²) in [6.45, 7) is 1.53. The van der Waals surface area contributed by atoms with Crippen molar-refractivity contribution in [1.29, 1.82) is 0 Å². The van der Waals surface area contributed by atoms with E-state index in [1.54, 1.807) is 19.2 Å². The molecule has 0 spiro atoms. The summed E-state index contributed by atoms with van der Waals surface area (Å²) in [5.41, 5.74) is 0.589. The number of nitrogens with zero attached hydrogens (tertiary/aromatic N) is 1. The van der Waals surface area contributed by atoms with Gasteiger partial charge in [0.15, 0.2) is 5.96 Å². The monoisotopic (exact) mass is 373 g/mol. The van der Waals surface area contributed by atoms with Crippen LogP contribution in [0.3, 0.4) is 0 Å². The van der Waals surface area contributed by atoms with Crippen LogP contribution in [-0.2, 0) is 4.74 Å². The molecular weight excluding hydrogens is 344 g/mol. The molecule has 148 valence electrons. The number of halogens is 2. The van der Waals surface area contributed by atoms with E-state index in [2.05, 4.69) is 20.4 Å². The Morgan fingerprint density at radius 2 is 1.88 bits per heavy atom. The highest BCUT2D eigenvalue weighted by atomic mass is 19.3. The summed E-state index contributed by atoms with van der Waals surface area (Å²) in [5.74, 6) is 0.693. The summed E-state index contributed by atoms with van der Waals surface area (Å²) in [6, 6.07) is 5.90. The number of aliphatic imine (C=N–C) groups is 1. The first-order valence-corrected chi connectivity index (χ1v) is 8.80. The van der Waals surface area contributed by atoms with E-state index in [-0.39, 0.29) is 12.3 Å². The number of aliphatic hydroxyl groups excluding tert-OH is 1. The van der Waals surface area contributed by atoms with Crippen LogP contribution in [-0.4, -0.2) is 51.0 Å². The molecule has 3 N–H and O–H groups in total. The van der Waals surface area contributed by atoms with Gasteiger partial charge in [0.1, 0.15) is 5.75 Å². The molecule has 0 aliphatic rings. The molecule has 0 saturated heterocycles. The summed E-state index contributed by atoms with van der Waals surface area (Å²) in [5, 5.41) is 16.6. The highest BCUT2D eigenvalue weighted by molar-refractivity contribution is 5.79. The summed E-state index contributed by atoms with van der Waals surface area (Å²) in [6.07, 6.45) is 2.26. The molecule has 0 heterocycles. The van der Waals surface area contributed by atoms with Crippen molar-refractivity contribution in [3.05, 3.63) is 29.8 Å². The van der Waals surface area contributed by atoms with Gasteiger partial charge in [-0.05, 0) is 43.9 Å². The normalized spacial score (nSPS) is 12.9. The highest BCUT2D eigenvalue weighted by Crippen LogP contribution is 2.19. The maximum absolute atomic E-state index is 12.1. The van der Waals surface area contributed by atoms with E-state index in [0.29, 0.717) is 18.1 Å². The van der Waals surface area contributed by atoms with Crippen molar-refractivity contribution < 1.29 is 23.4 Å². The molecule has 0 radical (unpaired) electrons. The van der Waals surface area contributed by atoms with Gasteiger partial charge < -0.3 is 25.2 Å². The third-order valence-corrected chi connectivity index (χ3v) is 3.57. The molecule has 0 bridgehead atoms. The van der Waals surface area contributed by atoms with E-state index < -0.39 is 12.7 Å². The number of unbranched alkanes of at least 4 members (excludes halogenated alkanes) is 2. The van der Waals surface area contributed by atoms with Crippen molar-refractivity contribution in [2.75, 3.05) is 33.4 Å². The van der Waals surface area contributed by atoms with E-state index in [0.717, 1.165) is 32.4 Å². The predicted molar refractivity (Wildman–Crippen MR) is 97.7 cm³/mol. The fourth-order valence-electron chi connectivity index (χ4n) is 2.25. The lowest BCUT2D eigenvalue weighted by Crippen LogP contribution is -2.38. The van der Waals surface area contributed by atoms with Gasteiger partial charge in [-0.1, -0.05) is 12.1 Å². The quantitative estimate of drug-likeness (QED) is 0.298. The van der Waals surface area contributed by atoms with E-state index in [1.807, 2.05) is 6.92 Å². The summed E-state index contributed by atoms with van der Waals surface area (Å²) in [4.78, 5) is 4.36. The maximum Gasteiger partial charge on any atom is 0.387 e. The Morgan fingerprint density at radius 1 is 1.15 bits per heavy atom. The van der Waals surface area contributed by atoms with E-state index in [1.165, 1.54) is 12.1 Å². The minimum Gasteiger partial charge on any atom is -0.435 e. The van der Waals surface area contributed by atoms with Gasteiger partial charge in [-0.2, -0.15) is 8.78 Å². The zero-order valence-corrected chi connectivity index (χ0v) is 15.4. The number of guanidine groups is 1. The third-order valence-electron chi connectivity index (χ3n) is 3.57. The molecule has 0 saturated carbocycles. The molecule has 26 heavy (non-hydrogen) atoms. The van der Waals surface area contributed by atoms with Crippen LogP contribution in [0.5, 0.6) is 5.75 Å². The largest absolute Gasteiger partial charge is 0.435 e. The molecule has 6 nitrogen and oxygen atoms in total. The Bertz CT molecular complexity index is 513. The first-order chi connectivity index (χ1) is 12.6. The summed E-state index contributed by atoms with van der Waals surface area (Å²) >= 11 is 0. The van der Waals surface area contributed by atoms with Gasteiger partial charge >= 0.3 is 6.61 Å². The van der Waals surface area contributed by atoms with Crippen LogP contribution in [0.4, 0.5) is 8.78 Å². The van der Waals surface area contributed by atoms with Crippen molar-refractivity contribution in [3.63, 3.8) is 0 Å². The average molecular weight is 373 g/mol. The second kappa shape index (κ2) is 13.3. The van der Waals surface area contributed by atoms with Gasteiger partial charge in [0.05, 0.1) is 12.6 Å². The second-order valence-corrected chi connectivity index (χ2v) is 5.66.